The Morgan fingerprint density at radius 2 is 1.81 bits per heavy atom. The molecule has 31 heavy (non-hydrogen) atoms. The summed E-state index contributed by atoms with van der Waals surface area (Å²) in [6, 6.07) is 2.83. The number of hydrogen-bond acceptors (Lipinski definition) is 6. The highest BCUT2D eigenvalue weighted by atomic mass is 32.2. The number of benzene rings is 1. The Kier molecular flexibility index (Phi) is 9.01. The van der Waals surface area contributed by atoms with E-state index < -0.39 is 16.1 Å². The molecule has 2 N–H and O–H groups in total. The molecule has 8 nitrogen and oxygen atoms in total. The third kappa shape index (κ3) is 8.31. The summed E-state index contributed by atoms with van der Waals surface area (Å²) < 4.78 is 42.1. The molecule has 2 rings (SSSR count). The van der Waals surface area contributed by atoms with Crippen molar-refractivity contribution in [2.45, 2.75) is 39.2 Å². The van der Waals surface area contributed by atoms with Crippen molar-refractivity contribution >= 4 is 15.9 Å². The lowest BCUT2D eigenvalue weighted by Gasteiger charge is -2.20. The lowest BCUT2D eigenvalue weighted by molar-refractivity contribution is -0.123. The number of ether oxygens (including phenoxy) is 3. The van der Waals surface area contributed by atoms with Gasteiger partial charge in [0.15, 0.2) is 11.5 Å². The Labute approximate surface area is 185 Å². The molecule has 0 radical (unpaired) electrons. The molecule has 0 aliphatic heterocycles. The van der Waals surface area contributed by atoms with Gasteiger partial charge >= 0.3 is 0 Å². The fourth-order valence-corrected chi connectivity index (χ4v) is 3.75. The van der Waals surface area contributed by atoms with Gasteiger partial charge in [-0.05, 0) is 42.9 Å². The van der Waals surface area contributed by atoms with Gasteiger partial charge in [0.2, 0.25) is 21.7 Å². The highest BCUT2D eigenvalue weighted by Gasteiger charge is 2.25. The van der Waals surface area contributed by atoms with E-state index in [0.717, 1.165) is 24.7 Å². The van der Waals surface area contributed by atoms with Crippen molar-refractivity contribution in [1.29, 1.82) is 0 Å². The molecule has 1 fully saturated rings. The average molecular weight is 453 g/mol. The second kappa shape index (κ2) is 11.3. The Morgan fingerprint density at radius 1 is 1.19 bits per heavy atom. The van der Waals surface area contributed by atoms with Crippen LogP contribution in [0.3, 0.4) is 0 Å². The smallest absolute Gasteiger partial charge is 0.238 e. The molecule has 0 bridgehead atoms. The van der Waals surface area contributed by atoms with Crippen molar-refractivity contribution in [3.63, 3.8) is 0 Å². The van der Waals surface area contributed by atoms with Crippen molar-refractivity contribution < 1.29 is 27.4 Å². The summed E-state index contributed by atoms with van der Waals surface area (Å²) in [6.45, 7) is 4.15. The van der Waals surface area contributed by atoms with E-state index >= 15 is 0 Å². The first-order valence-electron chi connectivity index (χ1n) is 10.3. The van der Waals surface area contributed by atoms with E-state index in [1.165, 1.54) is 0 Å². The van der Waals surface area contributed by atoms with Crippen LogP contribution in [0.1, 0.15) is 32.3 Å². The normalized spacial score (nSPS) is 14.4. The zero-order chi connectivity index (χ0) is 23.0. The van der Waals surface area contributed by atoms with Crippen LogP contribution in [-0.2, 0) is 21.2 Å². The number of carbonyl (C=O) groups is 1. The Bertz CT molecular complexity index is 904. The van der Waals surface area contributed by atoms with Gasteiger partial charge in [0, 0.05) is 12.5 Å². The summed E-state index contributed by atoms with van der Waals surface area (Å²) in [5, 5.41) is 2.79. The first-order valence-corrected chi connectivity index (χ1v) is 12.1. The fourth-order valence-electron chi connectivity index (χ4n) is 2.91. The van der Waals surface area contributed by atoms with Crippen molar-refractivity contribution in [2.24, 2.45) is 11.8 Å². The number of hydrogen-bond donors (Lipinski definition) is 2. The molecule has 172 valence electrons. The van der Waals surface area contributed by atoms with E-state index in [1.54, 1.807) is 28.1 Å². The number of carbonyl (C=O) groups excluding carboxylic acids is 1. The van der Waals surface area contributed by atoms with Gasteiger partial charge < -0.3 is 19.5 Å². The van der Waals surface area contributed by atoms with Gasteiger partial charge in [-0.2, -0.15) is 0 Å². The summed E-state index contributed by atoms with van der Waals surface area (Å²) >= 11 is 0. The molecule has 1 amide bonds. The number of amides is 1. The van der Waals surface area contributed by atoms with Gasteiger partial charge in [-0.1, -0.05) is 25.7 Å². The van der Waals surface area contributed by atoms with E-state index in [2.05, 4.69) is 21.9 Å². The van der Waals surface area contributed by atoms with Gasteiger partial charge in [0.1, 0.15) is 12.6 Å². The summed E-state index contributed by atoms with van der Waals surface area (Å²) in [5.74, 6) is 7.64. The number of nitrogens with one attached hydrogen (secondary N) is 2. The monoisotopic (exact) mass is 452 g/mol. The van der Waals surface area contributed by atoms with Crippen molar-refractivity contribution in [3.05, 3.63) is 17.7 Å². The van der Waals surface area contributed by atoms with E-state index in [1.807, 2.05) is 12.1 Å². The van der Waals surface area contributed by atoms with Crippen LogP contribution in [0.5, 0.6) is 17.2 Å². The van der Waals surface area contributed by atoms with Crippen LogP contribution in [-0.4, -0.2) is 54.0 Å². The molecule has 9 heteroatoms. The zero-order valence-electron chi connectivity index (χ0n) is 18.8. The molecule has 1 unspecified atom stereocenters. The van der Waals surface area contributed by atoms with Crippen LogP contribution in [0.25, 0.3) is 0 Å². The Balaban J connectivity index is 2.00. The van der Waals surface area contributed by atoms with E-state index in [0.29, 0.717) is 36.1 Å². The lowest BCUT2D eigenvalue weighted by atomic mass is 10.0. The molecular formula is C22H32N2O6S. The van der Waals surface area contributed by atoms with Crippen LogP contribution < -0.4 is 24.2 Å². The Hall–Kier alpha value is -2.44. The number of methoxy groups -OCH3 is 2. The highest BCUT2D eigenvalue weighted by Crippen LogP contribution is 2.38. The largest absolute Gasteiger partial charge is 0.493 e. The Morgan fingerprint density at radius 3 is 2.29 bits per heavy atom. The summed E-state index contributed by atoms with van der Waals surface area (Å²) in [4.78, 5) is 12.4. The molecule has 1 aliphatic rings. The van der Waals surface area contributed by atoms with Crippen LogP contribution in [0, 0.1) is 23.7 Å². The van der Waals surface area contributed by atoms with Gasteiger partial charge in [-0.15, -0.1) is 0 Å². The van der Waals surface area contributed by atoms with Crippen LogP contribution >= 0.6 is 0 Å². The number of rotatable bonds is 11. The lowest BCUT2D eigenvalue weighted by Crippen LogP contribution is -2.49. The quantitative estimate of drug-likeness (QED) is 0.496. The second-order valence-corrected chi connectivity index (χ2v) is 9.65. The van der Waals surface area contributed by atoms with Crippen molar-refractivity contribution in [1.82, 2.24) is 10.0 Å². The van der Waals surface area contributed by atoms with Crippen molar-refractivity contribution in [3.8, 4) is 29.1 Å². The van der Waals surface area contributed by atoms with E-state index in [4.69, 9.17) is 14.2 Å². The molecular weight excluding hydrogens is 420 g/mol. The SMILES string of the molecule is COc1cc(CCNC(=O)C(NS(C)(=O)=O)C(C)C)cc(OC)c1OCC#CC1CC1. The maximum Gasteiger partial charge on any atom is 0.238 e. The van der Waals surface area contributed by atoms with Gasteiger partial charge in [0.25, 0.3) is 0 Å². The number of sulfonamides is 1. The van der Waals surface area contributed by atoms with E-state index in [9.17, 15) is 13.2 Å². The molecule has 1 aromatic carbocycles. The average Bonchev–Trinajstić information content (AvgIpc) is 3.52. The summed E-state index contributed by atoms with van der Waals surface area (Å²) in [7, 11) is -0.394. The van der Waals surface area contributed by atoms with Crippen LogP contribution in [0.4, 0.5) is 0 Å². The highest BCUT2D eigenvalue weighted by molar-refractivity contribution is 7.88. The van der Waals surface area contributed by atoms with Crippen LogP contribution in [0.2, 0.25) is 0 Å². The van der Waals surface area contributed by atoms with Crippen LogP contribution in [0.15, 0.2) is 12.1 Å². The maximum atomic E-state index is 12.4. The predicted octanol–water partition coefficient (Wildman–Crippen LogP) is 1.73. The third-order valence-corrected chi connectivity index (χ3v) is 5.38. The summed E-state index contributed by atoms with van der Waals surface area (Å²) in [5.41, 5.74) is 0.877. The molecule has 1 saturated carbocycles. The molecule has 0 heterocycles. The van der Waals surface area contributed by atoms with Gasteiger partial charge in [-0.25, -0.2) is 13.1 Å². The second-order valence-electron chi connectivity index (χ2n) is 7.87. The fraction of sp³-hybridized carbons (Fsp3) is 0.591. The first-order chi connectivity index (χ1) is 14.6. The minimum absolute atomic E-state index is 0.186. The minimum Gasteiger partial charge on any atom is -0.493 e. The van der Waals surface area contributed by atoms with E-state index in [-0.39, 0.29) is 18.4 Å². The minimum atomic E-state index is -3.49. The van der Waals surface area contributed by atoms with Gasteiger partial charge in [-0.3, -0.25) is 4.79 Å². The molecule has 1 aromatic rings. The molecule has 1 aliphatic carbocycles. The topological polar surface area (TPSA) is 103 Å². The molecule has 1 atom stereocenters. The molecule has 0 saturated heterocycles. The third-order valence-electron chi connectivity index (χ3n) is 4.70. The van der Waals surface area contributed by atoms with Crippen molar-refractivity contribution in [2.75, 3.05) is 33.6 Å². The molecule has 0 spiro atoms. The predicted molar refractivity (Wildman–Crippen MR) is 119 cm³/mol. The standard InChI is InChI=1S/C22H32N2O6S/c1-15(2)20(24-31(5,26)27)22(25)23-11-10-17-13-18(28-3)21(19(14-17)29-4)30-12-6-7-16-8-9-16/h13-16,20,24H,8-12H2,1-5H3,(H,23,25). The molecule has 0 aromatic heterocycles. The van der Waals surface area contributed by atoms with Gasteiger partial charge in [0.05, 0.1) is 20.5 Å². The maximum absolute atomic E-state index is 12.4. The zero-order valence-corrected chi connectivity index (χ0v) is 19.6. The first kappa shape index (κ1) is 24.8. The summed E-state index contributed by atoms with van der Waals surface area (Å²) in [6.07, 6.45) is 3.86.